The first-order chi connectivity index (χ1) is 7.85. The summed E-state index contributed by atoms with van der Waals surface area (Å²) in [6, 6.07) is 2.04. The molecule has 78 valence electrons. The molecule has 0 aliphatic carbocycles. The monoisotopic (exact) mass is 212 g/mol. The summed E-state index contributed by atoms with van der Waals surface area (Å²) in [6.07, 6.45) is 6.11. The van der Waals surface area contributed by atoms with Gasteiger partial charge in [-0.15, -0.1) is 0 Å². The van der Waals surface area contributed by atoms with Crippen LogP contribution < -0.4 is 5.32 Å². The molecule has 0 bridgehead atoms. The van der Waals surface area contributed by atoms with Crippen LogP contribution in [-0.4, -0.2) is 27.0 Å². The molecular formula is C10H8N6. The van der Waals surface area contributed by atoms with Gasteiger partial charge in [-0.05, 0) is 0 Å². The lowest BCUT2D eigenvalue weighted by molar-refractivity contribution is 1.12. The van der Waals surface area contributed by atoms with Gasteiger partial charge >= 0.3 is 0 Å². The van der Waals surface area contributed by atoms with E-state index in [1.165, 1.54) is 12.5 Å². The highest BCUT2D eigenvalue weighted by molar-refractivity contribution is 5.65. The van der Waals surface area contributed by atoms with Crippen LogP contribution in [-0.2, 0) is 0 Å². The molecule has 0 atom stereocenters. The van der Waals surface area contributed by atoms with Gasteiger partial charge in [-0.2, -0.15) is 5.26 Å². The SMILES string of the molecule is CNc1ncc(C#N)c(-c2cncnc2)n1. The smallest absolute Gasteiger partial charge is 0.223 e. The fourth-order valence-corrected chi connectivity index (χ4v) is 1.23. The molecule has 0 aliphatic rings. The Balaban J connectivity index is 2.59. The Morgan fingerprint density at radius 1 is 1.25 bits per heavy atom. The summed E-state index contributed by atoms with van der Waals surface area (Å²) >= 11 is 0. The number of rotatable bonds is 2. The van der Waals surface area contributed by atoms with Crippen LogP contribution in [0.1, 0.15) is 5.56 Å². The van der Waals surface area contributed by atoms with Gasteiger partial charge in [-0.3, -0.25) is 0 Å². The average molecular weight is 212 g/mol. The zero-order chi connectivity index (χ0) is 11.4. The van der Waals surface area contributed by atoms with Crippen LogP contribution in [0.2, 0.25) is 0 Å². The lowest BCUT2D eigenvalue weighted by Gasteiger charge is -2.04. The molecule has 0 radical (unpaired) electrons. The number of nitrogens with zero attached hydrogens (tertiary/aromatic N) is 5. The topological polar surface area (TPSA) is 87.4 Å². The third-order valence-electron chi connectivity index (χ3n) is 1.97. The average Bonchev–Trinajstić information content (AvgIpc) is 2.39. The largest absolute Gasteiger partial charge is 0.357 e. The zero-order valence-corrected chi connectivity index (χ0v) is 8.55. The first kappa shape index (κ1) is 9.98. The molecule has 0 amide bonds. The summed E-state index contributed by atoms with van der Waals surface area (Å²) in [4.78, 5) is 16.0. The highest BCUT2D eigenvalue weighted by Gasteiger charge is 2.08. The van der Waals surface area contributed by atoms with E-state index in [4.69, 9.17) is 5.26 Å². The second-order valence-electron chi connectivity index (χ2n) is 2.94. The molecule has 2 aromatic rings. The molecule has 1 N–H and O–H groups in total. The van der Waals surface area contributed by atoms with Crippen LogP contribution in [0.5, 0.6) is 0 Å². The molecule has 0 fully saturated rings. The van der Waals surface area contributed by atoms with E-state index < -0.39 is 0 Å². The predicted octanol–water partition coefficient (Wildman–Crippen LogP) is 0.847. The molecule has 6 nitrogen and oxygen atoms in total. The summed E-state index contributed by atoms with van der Waals surface area (Å²) in [5.74, 6) is 0.456. The molecule has 0 saturated heterocycles. The van der Waals surface area contributed by atoms with Crippen LogP contribution >= 0.6 is 0 Å². The van der Waals surface area contributed by atoms with Gasteiger partial charge in [0.1, 0.15) is 12.4 Å². The number of nitriles is 1. The van der Waals surface area contributed by atoms with Gasteiger partial charge in [0.25, 0.3) is 0 Å². The van der Waals surface area contributed by atoms with E-state index in [-0.39, 0.29) is 0 Å². The minimum Gasteiger partial charge on any atom is -0.357 e. The Labute approximate surface area is 92.0 Å². The molecule has 2 heterocycles. The van der Waals surface area contributed by atoms with Crippen LogP contribution in [0.4, 0.5) is 5.95 Å². The van der Waals surface area contributed by atoms with E-state index >= 15 is 0 Å². The van der Waals surface area contributed by atoms with Crippen molar-refractivity contribution in [1.82, 2.24) is 19.9 Å². The molecule has 2 aromatic heterocycles. The van der Waals surface area contributed by atoms with Crippen LogP contribution in [0.25, 0.3) is 11.3 Å². The highest BCUT2D eigenvalue weighted by Crippen LogP contribution is 2.19. The molecule has 16 heavy (non-hydrogen) atoms. The van der Waals surface area contributed by atoms with Crippen molar-refractivity contribution < 1.29 is 0 Å². The van der Waals surface area contributed by atoms with E-state index in [1.54, 1.807) is 19.4 Å². The Kier molecular flexibility index (Phi) is 2.69. The van der Waals surface area contributed by atoms with Gasteiger partial charge in [0, 0.05) is 25.0 Å². The van der Waals surface area contributed by atoms with Gasteiger partial charge in [0.15, 0.2) is 0 Å². The van der Waals surface area contributed by atoms with Crippen molar-refractivity contribution in [2.24, 2.45) is 0 Å². The van der Waals surface area contributed by atoms with E-state index in [1.807, 2.05) is 6.07 Å². The maximum absolute atomic E-state index is 8.95. The molecule has 0 spiro atoms. The Morgan fingerprint density at radius 3 is 2.62 bits per heavy atom. The second-order valence-corrected chi connectivity index (χ2v) is 2.94. The minimum atomic E-state index is 0.397. The Bertz CT molecular complexity index is 531. The van der Waals surface area contributed by atoms with Crippen molar-refractivity contribution in [1.29, 1.82) is 5.26 Å². The highest BCUT2D eigenvalue weighted by atomic mass is 15.1. The standard InChI is InChI=1S/C10H8N6/c1-12-10-15-5-7(2-11)9(16-10)8-3-13-6-14-4-8/h3-6H,1H3,(H,12,15,16). The van der Waals surface area contributed by atoms with Crippen LogP contribution in [0.15, 0.2) is 24.9 Å². The maximum atomic E-state index is 8.95. The molecule has 0 saturated carbocycles. The quantitative estimate of drug-likeness (QED) is 0.793. The molecular weight excluding hydrogens is 204 g/mol. The lowest BCUT2D eigenvalue weighted by Crippen LogP contribution is -2.00. The molecule has 0 aliphatic heterocycles. The van der Waals surface area contributed by atoms with Gasteiger partial charge in [0.2, 0.25) is 5.95 Å². The summed E-state index contributed by atoms with van der Waals surface area (Å²) < 4.78 is 0. The zero-order valence-electron chi connectivity index (χ0n) is 8.55. The third kappa shape index (κ3) is 1.79. The van der Waals surface area contributed by atoms with Crippen molar-refractivity contribution in [2.75, 3.05) is 12.4 Å². The normalized spacial score (nSPS) is 9.50. The predicted molar refractivity (Wildman–Crippen MR) is 57.3 cm³/mol. The first-order valence-electron chi connectivity index (χ1n) is 4.55. The van der Waals surface area contributed by atoms with E-state index in [0.29, 0.717) is 22.8 Å². The first-order valence-corrected chi connectivity index (χ1v) is 4.55. The fraction of sp³-hybridized carbons (Fsp3) is 0.100. The lowest BCUT2D eigenvalue weighted by atomic mass is 10.1. The van der Waals surface area contributed by atoms with Crippen LogP contribution in [0.3, 0.4) is 0 Å². The maximum Gasteiger partial charge on any atom is 0.223 e. The third-order valence-corrected chi connectivity index (χ3v) is 1.97. The number of nitrogens with one attached hydrogen (secondary N) is 1. The molecule has 6 heteroatoms. The van der Waals surface area contributed by atoms with Crippen molar-refractivity contribution in [3.05, 3.63) is 30.5 Å². The Hall–Kier alpha value is -2.55. The number of hydrogen-bond donors (Lipinski definition) is 1. The van der Waals surface area contributed by atoms with E-state index in [2.05, 4.69) is 25.3 Å². The summed E-state index contributed by atoms with van der Waals surface area (Å²) in [6.45, 7) is 0. The molecule has 2 rings (SSSR count). The summed E-state index contributed by atoms with van der Waals surface area (Å²) in [7, 11) is 1.71. The van der Waals surface area contributed by atoms with Crippen molar-refractivity contribution in [3.8, 4) is 17.3 Å². The van der Waals surface area contributed by atoms with Crippen molar-refractivity contribution in [2.45, 2.75) is 0 Å². The van der Waals surface area contributed by atoms with Gasteiger partial charge in [-0.25, -0.2) is 19.9 Å². The van der Waals surface area contributed by atoms with E-state index in [0.717, 1.165) is 0 Å². The minimum absolute atomic E-state index is 0.397. The van der Waals surface area contributed by atoms with Gasteiger partial charge in [-0.1, -0.05) is 0 Å². The van der Waals surface area contributed by atoms with Crippen molar-refractivity contribution in [3.63, 3.8) is 0 Å². The van der Waals surface area contributed by atoms with E-state index in [9.17, 15) is 0 Å². The number of aromatic nitrogens is 4. The summed E-state index contributed by atoms with van der Waals surface area (Å²) in [5, 5.41) is 11.8. The fourth-order valence-electron chi connectivity index (χ4n) is 1.23. The molecule has 0 unspecified atom stereocenters. The Morgan fingerprint density at radius 2 is 2.00 bits per heavy atom. The van der Waals surface area contributed by atoms with Crippen LogP contribution in [0, 0.1) is 11.3 Å². The number of hydrogen-bond acceptors (Lipinski definition) is 6. The molecule has 0 aromatic carbocycles. The second kappa shape index (κ2) is 4.31. The van der Waals surface area contributed by atoms with Gasteiger partial charge in [0.05, 0.1) is 17.5 Å². The van der Waals surface area contributed by atoms with Crippen molar-refractivity contribution >= 4 is 5.95 Å². The van der Waals surface area contributed by atoms with Gasteiger partial charge < -0.3 is 5.32 Å². The summed E-state index contributed by atoms with van der Waals surface area (Å²) in [5.41, 5.74) is 1.62. The number of anilines is 1.